The molecule has 0 atom stereocenters. The quantitative estimate of drug-likeness (QED) is 0.348. The fourth-order valence-electron chi connectivity index (χ4n) is 4.58. The van der Waals surface area contributed by atoms with Gasteiger partial charge in [-0.3, -0.25) is 9.79 Å². The van der Waals surface area contributed by atoms with Crippen molar-refractivity contribution in [2.45, 2.75) is 44.6 Å². The average Bonchev–Trinajstić information content (AvgIpc) is 3.26. The maximum Gasteiger partial charge on any atom is 0.225 e. The van der Waals surface area contributed by atoms with Crippen molar-refractivity contribution in [3.05, 3.63) is 0 Å². The van der Waals surface area contributed by atoms with Gasteiger partial charge in [0.1, 0.15) is 0 Å². The second kappa shape index (κ2) is 12.2. The van der Waals surface area contributed by atoms with E-state index in [2.05, 4.69) is 27.2 Å². The van der Waals surface area contributed by atoms with E-state index in [0.29, 0.717) is 19.1 Å². The zero-order chi connectivity index (χ0) is 19.1. The first-order valence-electron chi connectivity index (χ1n) is 10.7. The van der Waals surface area contributed by atoms with Gasteiger partial charge in [-0.05, 0) is 32.7 Å². The van der Waals surface area contributed by atoms with Crippen LogP contribution >= 0.6 is 24.0 Å². The highest BCUT2D eigenvalue weighted by molar-refractivity contribution is 14.0. The fourth-order valence-corrected chi connectivity index (χ4v) is 4.58. The maximum absolute atomic E-state index is 12.7. The smallest absolute Gasteiger partial charge is 0.225 e. The molecule has 7 nitrogen and oxygen atoms in total. The lowest BCUT2D eigenvalue weighted by atomic mass is 9.95. The van der Waals surface area contributed by atoms with Crippen molar-refractivity contribution in [3.63, 3.8) is 0 Å². The molecule has 0 unspecified atom stereocenters. The van der Waals surface area contributed by atoms with Crippen LogP contribution in [0.1, 0.15) is 38.5 Å². The highest BCUT2D eigenvalue weighted by Gasteiger charge is 2.30. The normalized spacial score (nSPS) is 22.5. The number of nitrogens with zero attached hydrogens (tertiary/aromatic N) is 4. The number of guanidine groups is 1. The standard InChI is InChI=1S/C20H37N5O2.HI/c1-21-20(22-9-12-23(2)18-5-3-4-6-18)25-10-7-17(8-11-25)19(26)24-13-15-27-16-14-24;/h17-18H,3-16H2,1-2H3,(H,21,22);1H. The number of carbonyl (C=O) groups excluding carboxylic acids is 1. The lowest BCUT2D eigenvalue weighted by Crippen LogP contribution is -2.50. The summed E-state index contributed by atoms with van der Waals surface area (Å²) in [6, 6.07) is 0.760. The van der Waals surface area contributed by atoms with Gasteiger partial charge >= 0.3 is 0 Å². The summed E-state index contributed by atoms with van der Waals surface area (Å²) in [5.74, 6) is 1.46. The lowest BCUT2D eigenvalue weighted by Gasteiger charge is -2.37. The SMILES string of the molecule is CN=C(NCCN(C)C1CCCC1)N1CCC(C(=O)N2CCOCC2)CC1.I. The summed E-state index contributed by atoms with van der Waals surface area (Å²) in [7, 11) is 4.09. The number of rotatable bonds is 5. The molecule has 2 aliphatic heterocycles. The maximum atomic E-state index is 12.7. The van der Waals surface area contributed by atoms with E-state index in [1.165, 1.54) is 25.7 Å². The molecule has 0 spiro atoms. The van der Waals surface area contributed by atoms with Crippen molar-refractivity contribution in [2.24, 2.45) is 10.9 Å². The van der Waals surface area contributed by atoms with Gasteiger partial charge in [-0.25, -0.2) is 0 Å². The minimum Gasteiger partial charge on any atom is -0.378 e. The molecule has 1 aliphatic carbocycles. The largest absolute Gasteiger partial charge is 0.378 e. The molecule has 0 radical (unpaired) electrons. The number of likely N-dealkylation sites (N-methyl/N-ethyl adjacent to an activating group) is 1. The Morgan fingerprint density at radius 1 is 1.07 bits per heavy atom. The third-order valence-electron chi connectivity index (χ3n) is 6.37. The van der Waals surface area contributed by atoms with E-state index in [1.54, 1.807) is 0 Å². The number of carbonyl (C=O) groups is 1. The summed E-state index contributed by atoms with van der Waals surface area (Å²) in [6.45, 7) is 6.63. The van der Waals surface area contributed by atoms with Crippen molar-refractivity contribution in [1.82, 2.24) is 20.0 Å². The molecule has 28 heavy (non-hydrogen) atoms. The van der Waals surface area contributed by atoms with Crippen LogP contribution < -0.4 is 5.32 Å². The van der Waals surface area contributed by atoms with Crippen molar-refractivity contribution >= 4 is 35.8 Å². The van der Waals surface area contributed by atoms with E-state index in [-0.39, 0.29) is 29.9 Å². The van der Waals surface area contributed by atoms with Crippen molar-refractivity contribution in [2.75, 3.05) is 66.6 Å². The molecule has 2 heterocycles. The number of hydrogen-bond donors (Lipinski definition) is 1. The summed E-state index contributed by atoms with van der Waals surface area (Å²) in [6.07, 6.45) is 7.27. The Morgan fingerprint density at radius 2 is 1.71 bits per heavy atom. The average molecular weight is 507 g/mol. The number of likely N-dealkylation sites (tertiary alicyclic amines) is 1. The summed E-state index contributed by atoms with van der Waals surface area (Å²) in [4.78, 5) is 23.9. The van der Waals surface area contributed by atoms with Crippen molar-refractivity contribution in [1.29, 1.82) is 0 Å². The van der Waals surface area contributed by atoms with E-state index < -0.39 is 0 Å². The van der Waals surface area contributed by atoms with Crippen LogP contribution in [0.25, 0.3) is 0 Å². The van der Waals surface area contributed by atoms with Gasteiger partial charge in [-0.15, -0.1) is 24.0 Å². The molecule has 1 saturated carbocycles. The number of nitrogens with one attached hydrogen (secondary N) is 1. The molecule has 2 saturated heterocycles. The lowest BCUT2D eigenvalue weighted by molar-refractivity contribution is -0.140. The van der Waals surface area contributed by atoms with E-state index in [0.717, 1.165) is 64.1 Å². The second-order valence-electron chi connectivity index (χ2n) is 8.09. The van der Waals surface area contributed by atoms with Crippen LogP contribution in [0.2, 0.25) is 0 Å². The van der Waals surface area contributed by atoms with E-state index >= 15 is 0 Å². The molecule has 0 aromatic rings. The molecular formula is C20H38IN5O2. The first-order valence-corrected chi connectivity index (χ1v) is 10.7. The van der Waals surface area contributed by atoms with Gasteiger partial charge in [0.05, 0.1) is 13.2 Å². The van der Waals surface area contributed by atoms with Crippen LogP contribution in [-0.2, 0) is 9.53 Å². The van der Waals surface area contributed by atoms with Crippen LogP contribution in [0.4, 0.5) is 0 Å². The van der Waals surface area contributed by atoms with E-state index in [4.69, 9.17) is 4.74 Å². The van der Waals surface area contributed by atoms with Gasteiger partial charge in [0.15, 0.2) is 5.96 Å². The van der Waals surface area contributed by atoms with Crippen LogP contribution in [-0.4, -0.2) is 99.2 Å². The topological polar surface area (TPSA) is 60.4 Å². The molecule has 3 rings (SSSR count). The van der Waals surface area contributed by atoms with Crippen molar-refractivity contribution in [3.8, 4) is 0 Å². The summed E-state index contributed by atoms with van der Waals surface area (Å²) < 4.78 is 5.36. The zero-order valence-electron chi connectivity index (χ0n) is 17.6. The highest BCUT2D eigenvalue weighted by Crippen LogP contribution is 2.22. The van der Waals surface area contributed by atoms with E-state index in [9.17, 15) is 4.79 Å². The second-order valence-corrected chi connectivity index (χ2v) is 8.09. The number of ether oxygens (including phenoxy) is 1. The van der Waals surface area contributed by atoms with Crippen LogP contribution in [0.3, 0.4) is 0 Å². The number of amides is 1. The Balaban J connectivity index is 0.00000280. The molecule has 0 aromatic heterocycles. The predicted octanol–water partition coefficient (Wildman–Crippen LogP) is 1.62. The number of aliphatic imine (C=N–C) groups is 1. The molecule has 162 valence electrons. The first kappa shape index (κ1) is 23.7. The molecule has 3 aliphatic rings. The molecule has 0 bridgehead atoms. The fraction of sp³-hybridized carbons (Fsp3) is 0.900. The van der Waals surface area contributed by atoms with Crippen LogP contribution in [0.15, 0.2) is 4.99 Å². The minimum absolute atomic E-state index is 0. The Kier molecular flexibility index (Phi) is 10.3. The third-order valence-corrected chi connectivity index (χ3v) is 6.37. The monoisotopic (exact) mass is 507 g/mol. The van der Waals surface area contributed by atoms with Crippen LogP contribution in [0.5, 0.6) is 0 Å². The Morgan fingerprint density at radius 3 is 2.32 bits per heavy atom. The first-order chi connectivity index (χ1) is 13.2. The summed E-state index contributed by atoms with van der Waals surface area (Å²) in [5.41, 5.74) is 0. The zero-order valence-corrected chi connectivity index (χ0v) is 19.9. The predicted molar refractivity (Wildman–Crippen MR) is 123 cm³/mol. The Labute approximate surface area is 187 Å². The van der Waals surface area contributed by atoms with Gasteiger partial charge in [0.25, 0.3) is 0 Å². The van der Waals surface area contributed by atoms with Gasteiger partial charge in [0, 0.05) is 58.3 Å². The third kappa shape index (κ3) is 6.45. The Hall–Kier alpha value is -0.610. The Bertz CT molecular complexity index is 499. The van der Waals surface area contributed by atoms with Gasteiger partial charge in [-0.2, -0.15) is 0 Å². The summed E-state index contributed by atoms with van der Waals surface area (Å²) in [5, 5.41) is 3.52. The molecule has 1 N–H and O–H groups in total. The molecule has 8 heteroatoms. The molecule has 3 fully saturated rings. The minimum atomic E-state index is 0. The number of morpholine rings is 1. The number of hydrogen-bond acceptors (Lipinski definition) is 4. The number of piperidine rings is 1. The van der Waals surface area contributed by atoms with Gasteiger partial charge < -0.3 is 24.8 Å². The van der Waals surface area contributed by atoms with E-state index in [1.807, 2.05) is 11.9 Å². The molecular weight excluding hydrogens is 469 g/mol. The highest BCUT2D eigenvalue weighted by atomic mass is 127. The summed E-state index contributed by atoms with van der Waals surface area (Å²) >= 11 is 0. The van der Waals surface area contributed by atoms with Crippen molar-refractivity contribution < 1.29 is 9.53 Å². The van der Waals surface area contributed by atoms with Gasteiger partial charge in [0.2, 0.25) is 5.91 Å². The molecule has 0 aromatic carbocycles. The van der Waals surface area contributed by atoms with Crippen LogP contribution in [0, 0.1) is 5.92 Å². The molecule has 1 amide bonds. The van der Waals surface area contributed by atoms with Gasteiger partial charge in [-0.1, -0.05) is 12.8 Å². The number of halogens is 1.